The Labute approximate surface area is 97.3 Å². The molecule has 2 aromatic heterocycles. The van der Waals surface area contributed by atoms with Gasteiger partial charge in [-0.1, -0.05) is 0 Å². The zero-order valence-corrected chi connectivity index (χ0v) is 9.67. The van der Waals surface area contributed by atoms with Crippen LogP contribution in [0.15, 0.2) is 17.8 Å². The van der Waals surface area contributed by atoms with Gasteiger partial charge in [0.2, 0.25) is 0 Å². The van der Waals surface area contributed by atoms with Crippen LogP contribution in [0.1, 0.15) is 12.1 Å². The van der Waals surface area contributed by atoms with E-state index < -0.39 is 0 Å². The van der Waals surface area contributed by atoms with Crippen LogP contribution >= 0.6 is 11.3 Å². The molecule has 0 aromatic carbocycles. The summed E-state index contributed by atoms with van der Waals surface area (Å²) in [6.45, 7) is 1.80. The topological polar surface area (TPSA) is 46.4 Å². The number of carbonyl (C=O) groups excluding carboxylic acids is 1. The molecule has 16 heavy (non-hydrogen) atoms. The molecule has 0 aliphatic carbocycles. The molecule has 0 spiro atoms. The van der Waals surface area contributed by atoms with Gasteiger partial charge in [0, 0.05) is 30.2 Å². The van der Waals surface area contributed by atoms with Gasteiger partial charge in [-0.25, -0.2) is 4.98 Å². The first-order valence-corrected chi connectivity index (χ1v) is 6.35. The highest BCUT2D eigenvalue weighted by Crippen LogP contribution is 2.15. The van der Waals surface area contributed by atoms with E-state index in [1.807, 2.05) is 22.2 Å². The zero-order valence-electron chi connectivity index (χ0n) is 8.85. The Kier molecular flexibility index (Phi) is 2.49. The second-order valence-electron chi connectivity index (χ2n) is 4.16. The highest BCUT2D eigenvalue weighted by atomic mass is 32.1. The maximum absolute atomic E-state index is 11.9. The van der Waals surface area contributed by atoms with Crippen LogP contribution in [-0.4, -0.2) is 28.3 Å². The number of Topliss-reactive ketones (excluding diaryl/α,β-unsaturated/α-hetero) is 1. The van der Waals surface area contributed by atoms with Crippen LogP contribution in [-0.2, 0) is 11.2 Å². The monoisotopic (exact) mass is 235 g/mol. The standard InChI is InChI=1S/C11H13N3OS/c15-10(8-1-2-12-6-8)5-9-7-14-3-4-16-11(14)13-9/h3-4,7-8,12H,1-2,5-6H2. The number of aromatic nitrogens is 2. The summed E-state index contributed by atoms with van der Waals surface area (Å²) >= 11 is 1.60. The van der Waals surface area contributed by atoms with Gasteiger partial charge in [0.25, 0.3) is 0 Å². The third kappa shape index (κ3) is 1.76. The molecule has 4 nitrogen and oxygen atoms in total. The minimum atomic E-state index is 0.194. The van der Waals surface area contributed by atoms with Crippen LogP contribution in [0.3, 0.4) is 0 Å². The van der Waals surface area contributed by atoms with Crippen LogP contribution in [0, 0.1) is 5.92 Å². The van der Waals surface area contributed by atoms with Crippen molar-refractivity contribution in [3.8, 4) is 0 Å². The highest BCUT2D eigenvalue weighted by molar-refractivity contribution is 7.15. The Bertz CT molecular complexity index is 482. The lowest BCUT2D eigenvalue weighted by Crippen LogP contribution is -2.19. The number of thiazole rings is 1. The van der Waals surface area contributed by atoms with Crippen LogP contribution in [0.2, 0.25) is 0 Å². The largest absolute Gasteiger partial charge is 0.316 e. The lowest BCUT2D eigenvalue weighted by molar-refractivity contribution is -0.121. The van der Waals surface area contributed by atoms with Crippen molar-refractivity contribution in [2.45, 2.75) is 12.8 Å². The van der Waals surface area contributed by atoms with Gasteiger partial charge in [0.05, 0.1) is 12.1 Å². The van der Waals surface area contributed by atoms with Crippen molar-refractivity contribution in [1.82, 2.24) is 14.7 Å². The van der Waals surface area contributed by atoms with E-state index in [1.54, 1.807) is 11.3 Å². The Hall–Kier alpha value is -1.20. The molecule has 0 radical (unpaired) electrons. The van der Waals surface area contributed by atoms with E-state index in [-0.39, 0.29) is 5.92 Å². The van der Waals surface area contributed by atoms with Crippen molar-refractivity contribution in [3.05, 3.63) is 23.5 Å². The molecule has 84 valence electrons. The average Bonchev–Trinajstić information content (AvgIpc) is 2.91. The maximum atomic E-state index is 11.9. The van der Waals surface area contributed by atoms with E-state index in [2.05, 4.69) is 10.3 Å². The van der Waals surface area contributed by atoms with E-state index in [1.165, 1.54) is 0 Å². The molecule has 3 heterocycles. The smallest absolute Gasteiger partial charge is 0.193 e. The lowest BCUT2D eigenvalue weighted by atomic mass is 10.00. The summed E-state index contributed by atoms with van der Waals surface area (Å²) in [5.74, 6) is 0.510. The van der Waals surface area contributed by atoms with Crippen molar-refractivity contribution in [2.24, 2.45) is 5.92 Å². The summed E-state index contributed by atoms with van der Waals surface area (Å²) in [6.07, 6.45) is 5.37. The Morgan fingerprint density at radius 1 is 1.69 bits per heavy atom. The highest BCUT2D eigenvalue weighted by Gasteiger charge is 2.22. The first-order chi connectivity index (χ1) is 7.83. The minimum Gasteiger partial charge on any atom is -0.316 e. The molecule has 0 amide bonds. The summed E-state index contributed by atoms with van der Waals surface area (Å²) < 4.78 is 1.97. The number of imidazole rings is 1. The van der Waals surface area contributed by atoms with Gasteiger partial charge >= 0.3 is 0 Å². The number of ketones is 1. The van der Waals surface area contributed by atoms with Crippen LogP contribution in [0.5, 0.6) is 0 Å². The molecular weight excluding hydrogens is 222 g/mol. The van der Waals surface area contributed by atoms with Gasteiger partial charge in [-0.3, -0.25) is 9.20 Å². The average molecular weight is 235 g/mol. The Morgan fingerprint density at radius 3 is 3.38 bits per heavy atom. The van der Waals surface area contributed by atoms with Crippen LogP contribution in [0.4, 0.5) is 0 Å². The first-order valence-electron chi connectivity index (χ1n) is 5.47. The second kappa shape index (κ2) is 3.99. The summed E-state index contributed by atoms with van der Waals surface area (Å²) in [7, 11) is 0. The van der Waals surface area contributed by atoms with E-state index in [9.17, 15) is 4.79 Å². The first kappa shape index (κ1) is 9.99. The van der Waals surface area contributed by atoms with E-state index >= 15 is 0 Å². The molecule has 3 rings (SSSR count). The molecule has 1 saturated heterocycles. The van der Waals surface area contributed by atoms with Gasteiger partial charge in [0.1, 0.15) is 5.78 Å². The van der Waals surface area contributed by atoms with E-state index in [0.29, 0.717) is 12.2 Å². The zero-order chi connectivity index (χ0) is 11.0. The minimum absolute atomic E-state index is 0.194. The second-order valence-corrected chi connectivity index (χ2v) is 5.03. The van der Waals surface area contributed by atoms with Gasteiger partial charge in [-0.05, 0) is 13.0 Å². The number of hydrogen-bond donors (Lipinski definition) is 1. The molecule has 0 bridgehead atoms. The molecule has 1 aliphatic heterocycles. The number of fused-ring (bicyclic) bond motifs is 1. The van der Waals surface area contributed by atoms with Gasteiger partial charge in [0.15, 0.2) is 4.96 Å². The number of hydrogen-bond acceptors (Lipinski definition) is 4. The molecule has 1 aliphatic rings. The normalized spacial score (nSPS) is 20.6. The molecule has 1 unspecified atom stereocenters. The van der Waals surface area contributed by atoms with Crippen molar-refractivity contribution < 1.29 is 4.79 Å². The number of nitrogens with one attached hydrogen (secondary N) is 1. The third-order valence-corrected chi connectivity index (χ3v) is 3.78. The number of carbonyl (C=O) groups is 1. The van der Waals surface area contributed by atoms with Gasteiger partial charge in [-0.2, -0.15) is 0 Å². The lowest BCUT2D eigenvalue weighted by Gasteiger charge is -2.04. The van der Waals surface area contributed by atoms with E-state index in [4.69, 9.17) is 0 Å². The fourth-order valence-electron chi connectivity index (χ4n) is 2.11. The van der Waals surface area contributed by atoms with Crippen LogP contribution < -0.4 is 5.32 Å². The SMILES string of the molecule is O=C(Cc1cn2ccsc2n1)C1CCNC1. The Morgan fingerprint density at radius 2 is 2.62 bits per heavy atom. The predicted octanol–water partition coefficient (Wildman–Crippen LogP) is 1.12. The van der Waals surface area contributed by atoms with E-state index in [0.717, 1.165) is 30.2 Å². The number of rotatable bonds is 3. The van der Waals surface area contributed by atoms with Crippen molar-refractivity contribution in [2.75, 3.05) is 13.1 Å². The van der Waals surface area contributed by atoms with Crippen molar-refractivity contribution in [3.63, 3.8) is 0 Å². The molecule has 0 saturated carbocycles. The predicted molar refractivity (Wildman–Crippen MR) is 62.8 cm³/mol. The summed E-state index contributed by atoms with van der Waals surface area (Å²) in [4.78, 5) is 17.3. The van der Waals surface area contributed by atoms with Gasteiger partial charge < -0.3 is 5.32 Å². The Balaban J connectivity index is 1.74. The summed E-state index contributed by atoms with van der Waals surface area (Å²) in [5, 5.41) is 5.21. The maximum Gasteiger partial charge on any atom is 0.193 e. The van der Waals surface area contributed by atoms with Crippen molar-refractivity contribution >= 4 is 22.1 Å². The van der Waals surface area contributed by atoms with Crippen LogP contribution in [0.25, 0.3) is 4.96 Å². The molecule has 1 atom stereocenters. The molecule has 5 heteroatoms. The molecular formula is C11H13N3OS. The molecule has 1 N–H and O–H groups in total. The quantitative estimate of drug-likeness (QED) is 0.867. The fraction of sp³-hybridized carbons (Fsp3) is 0.455. The third-order valence-electron chi connectivity index (χ3n) is 3.01. The van der Waals surface area contributed by atoms with Crippen molar-refractivity contribution in [1.29, 1.82) is 0 Å². The summed E-state index contributed by atoms with van der Waals surface area (Å²) in [5.41, 5.74) is 0.892. The fourth-order valence-corrected chi connectivity index (χ4v) is 2.83. The molecule has 1 fully saturated rings. The number of nitrogens with zero attached hydrogens (tertiary/aromatic N) is 2. The molecule has 2 aromatic rings. The van der Waals surface area contributed by atoms with Gasteiger partial charge in [-0.15, -0.1) is 11.3 Å². The summed E-state index contributed by atoms with van der Waals surface area (Å²) in [6, 6.07) is 0.